The average molecular weight is 297 g/mol. The molecule has 0 amide bonds. The minimum absolute atomic E-state index is 0.0986. The summed E-state index contributed by atoms with van der Waals surface area (Å²) in [6.45, 7) is 6.04. The maximum Gasteiger partial charge on any atom is 0.170 e. The fraction of sp³-hybridized carbons (Fsp3) is 0.533. The summed E-state index contributed by atoms with van der Waals surface area (Å²) in [7, 11) is 0. The average Bonchev–Trinajstić information content (AvgIpc) is 2.46. The molecule has 1 aromatic carbocycles. The van der Waals surface area contributed by atoms with Gasteiger partial charge in [0.25, 0.3) is 0 Å². The monoisotopic (exact) mass is 297 g/mol. The van der Waals surface area contributed by atoms with E-state index in [1.807, 2.05) is 13.8 Å². The number of hydrogen-bond acceptors (Lipinski definition) is 4. The van der Waals surface area contributed by atoms with Crippen molar-refractivity contribution in [3.8, 4) is 0 Å². The quantitative estimate of drug-likeness (QED) is 0.215. The highest BCUT2D eigenvalue weighted by atomic mass is 19.1. The summed E-state index contributed by atoms with van der Waals surface area (Å²) in [5.41, 5.74) is 6.33. The van der Waals surface area contributed by atoms with E-state index in [-0.39, 0.29) is 17.8 Å². The molecular formula is C15H24FN3O2. The van der Waals surface area contributed by atoms with Gasteiger partial charge >= 0.3 is 0 Å². The minimum Gasteiger partial charge on any atom is -0.409 e. The smallest absolute Gasteiger partial charge is 0.170 e. The molecule has 1 rings (SSSR count). The third kappa shape index (κ3) is 6.55. The first kappa shape index (κ1) is 17.4. The zero-order valence-corrected chi connectivity index (χ0v) is 12.6. The van der Waals surface area contributed by atoms with Crippen LogP contribution in [0.15, 0.2) is 23.4 Å². The summed E-state index contributed by atoms with van der Waals surface area (Å²) in [6.07, 6.45) is 2.23. The summed E-state index contributed by atoms with van der Waals surface area (Å²) >= 11 is 0. The largest absolute Gasteiger partial charge is 0.409 e. The van der Waals surface area contributed by atoms with Crippen LogP contribution in [0.25, 0.3) is 0 Å². The number of amidine groups is 1. The molecular weight excluding hydrogens is 273 g/mol. The van der Waals surface area contributed by atoms with Gasteiger partial charge in [0.15, 0.2) is 5.84 Å². The standard InChI is InChI=1S/C15H24FN3O2/c1-11(2)21-8-4-3-7-18-10-13-6-5-12(9-14(13)16)15(17)19-20/h5-6,9,11,18,20H,3-4,7-8,10H2,1-2H3,(H2,17,19). The topological polar surface area (TPSA) is 79.9 Å². The molecule has 0 aliphatic rings. The maximum absolute atomic E-state index is 13.8. The van der Waals surface area contributed by atoms with E-state index in [2.05, 4.69) is 10.5 Å². The molecule has 0 bridgehead atoms. The van der Waals surface area contributed by atoms with Crippen LogP contribution in [0.3, 0.4) is 0 Å². The van der Waals surface area contributed by atoms with Crippen molar-refractivity contribution in [3.63, 3.8) is 0 Å². The Balaban J connectivity index is 2.30. The van der Waals surface area contributed by atoms with Crippen LogP contribution in [-0.2, 0) is 11.3 Å². The molecule has 0 spiro atoms. The lowest BCUT2D eigenvalue weighted by atomic mass is 10.1. The second-order valence-electron chi connectivity index (χ2n) is 5.09. The Labute approximate surface area is 125 Å². The zero-order chi connectivity index (χ0) is 15.7. The van der Waals surface area contributed by atoms with Crippen molar-refractivity contribution < 1.29 is 14.3 Å². The molecule has 0 aliphatic heterocycles. The molecule has 21 heavy (non-hydrogen) atoms. The summed E-state index contributed by atoms with van der Waals surface area (Å²) in [4.78, 5) is 0. The predicted octanol–water partition coefficient (Wildman–Crippen LogP) is 2.21. The number of hydrogen-bond donors (Lipinski definition) is 3. The van der Waals surface area contributed by atoms with Crippen molar-refractivity contribution in [1.82, 2.24) is 5.32 Å². The lowest BCUT2D eigenvalue weighted by molar-refractivity contribution is 0.0760. The van der Waals surface area contributed by atoms with Gasteiger partial charge in [0.2, 0.25) is 0 Å². The van der Waals surface area contributed by atoms with Crippen LogP contribution in [0.4, 0.5) is 4.39 Å². The number of ether oxygens (including phenoxy) is 1. The predicted molar refractivity (Wildman–Crippen MR) is 80.9 cm³/mol. The summed E-state index contributed by atoms with van der Waals surface area (Å²) in [5, 5.41) is 14.6. The Hall–Kier alpha value is -1.66. The van der Waals surface area contributed by atoms with Crippen molar-refractivity contribution in [2.24, 2.45) is 10.9 Å². The van der Waals surface area contributed by atoms with E-state index < -0.39 is 0 Å². The number of unbranched alkanes of at least 4 members (excludes halogenated alkanes) is 1. The number of oxime groups is 1. The van der Waals surface area contributed by atoms with Gasteiger partial charge in [-0.2, -0.15) is 0 Å². The normalized spacial score (nSPS) is 12.1. The number of nitrogens with two attached hydrogens (primary N) is 1. The van der Waals surface area contributed by atoms with Crippen molar-refractivity contribution in [3.05, 3.63) is 35.1 Å². The third-order valence-electron chi connectivity index (χ3n) is 2.97. The highest BCUT2D eigenvalue weighted by Crippen LogP contribution is 2.10. The highest BCUT2D eigenvalue weighted by molar-refractivity contribution is 5.97. The third-order valence-corrected chi connectivity index (χ3v) is 2.97. The van der Waals surface area contributed by atoms with E-state index in [1.54, 1.807) is 12.1 Å². The van der Waals surface area contributed by atoms with E-state index in [4.69, 9.17) is 15.7 Å². The lowest BCUT2D eigenvalue weighted by Crippen LogP contribution is -2.17. The van der Waals surface area contributed by atoms with Gasteiger partial charge in [-0.05, 0) is 39.3 Å². The van der Waals surface area contributed by atoms with Crippen LogP contribution in [0.5, 0.6) is 0 Å². The van der Waals surface area contributed by atoms with Crippen LogP contribution in [-0.4, -0.2) is 30.3 Å². The van der Waals surface area contributed by atoms with Crippen LogP contribution in [0.2, 0.25) is 0 Å². The Kier molecular flexibility index (Phi) is 7.71. The molecule has 0 saturated carbocycles. The van der Waals surface area contributed by atoms with Gasteiger partial charge in [-0.1, -0.05) is 17.3 Å². The second-order valence-corrected chi connectivity index (χ2v) is 5.09. The van der Waals surface area contributed by atoms with Crippen LogP contribution in [0.1, 0.15) is 37.8 Å². The van der Waals surface area contributed by atoms with Crippen LogP contribution in [0, 0.1) is 5.82 Å². The molecule has 4 N–H and O–H groups in total. The fourth-order valence-electron chi connectivity index (χ4n) is 1.80. The van der Waals surface area contributed by atoms with E-state index in [1.165, 1.54) is 6.07 Å². The molecule has 0 fully saturated rings. The van der Waals surface area contributed by atoms with E-state index >= 15 is 0 Å². The number of nitrogens with one attached hydrogen (secondary N) is 1. The Bertz CT molecular complexity index is 464. The van der Waals surface area contributed by atoms with Crippen molar-refractivity contribution >= 4 is 5.84 Å². The number of benzene rings is 1. The first-order chi connectivity index (χ1) is 10.0. The van der Waals surface area contributed by atoms with Crippen molar-refractivity contribution in [2.75, 3.05) is 13.2 Å². The van der Waals surface area contributed by atoms with Crippen LogP contribution < -0.4 is 11.1 Å². The van der Waals surface area contributed by atoms with E-state index in [9.17, 15) is 4.39 Å². The van der Waals surface area contributed by atoms with E-state index in [0.29, 0.717) is 17.7 Å². The number of halogens is 1. The van der Waals surface area contributed by atoms with Gasteiger partial charge in [0.1, 0.15) is 5.82 Å². The van der Waals surface area contributed by atoms with Crippen molar-refractivity contribution in [2.45, 2.75) is 39.3 Å². The van der Waals surface area contributed by atoms with E-state index in [0.717, 1.165) is 26.0 Å². The van der Waals surface area contributed by atoms with Gasteiger partial charge in [-0.3, -0.25) is 0 Å². The second kappa shape index (κ2) is 9.31. The zero-order valence-electron chi connectivity index (χ0n) is 12.6. The first-order valence-electron chi connectivity index (χ1n) is 7.13. The summed E-state index contributed by atoms with van der Waals surface area (Å²) in [6, 6.07) is 4.53. The molecule has 118 valence electrons. The van der Waals surface area contributed by atoms with Gasteiger partial charge in [-0.15, -0.1) is 0 Å². The molecule has 0 radical (unpaired) electrons. The Morgan fingerprint density at radius 1 is 1.43 bits per heavy atom. The molecule has 0 heterocycles. The first-order valence-corrected chi connectivity index (χ1v) is 7.13. The minimum atomic E-state index is -0.366. The summed E-state index contributed by atoms with van der Waals surface area (Å²) in [5.74, 6) is -0.465. The molecule has 1 aromatic rings. The molecule has 0 unspecified atom stereocenters. The highest BCUT2D eigenvalue weighted by Gasteiger charge is 2.06. The van der Waals surface area contributed by atoms with Crippen LogP contribution >= 0.6 is 0 Å². The van der Waals surface area contributed by atoms with Gasteiger partial charge < -0.3 is 21.0 Å². The van der Waals surface area contributed by atoms with Crippen molar-refractivity contribution in [1.29, 1.82) is 0 Å². The molecule has 0 atom stereocenters. The molecule has 5 nitrogen and oxygen atoms in total. The fourth-order valence-corrected chi connectivity index (χ4v) is 1.80. The molecule has 0 aliphatic carbocycles. The molecule has 0 aromatic heterocycles. The number of rotatable bonds is 9. The summed E-state index contributed by atoms with van der Waals surface area (Å²) < 4.78 is 19.3. The number of nitrogens with zero attached hydrogens (tertiary/aromatic N) is 1. The maximum atomic E-state index is 13.8. The van der Waals surface area contributed by atoms with Gasteiger partial charge in [0, 0.05) is 24.3 Å². The SMILES string of the molecule is CC(C)OCCCCNCc1ccc(/C(N)=N/O)cc1F. The molecule has 0 saturated heterocycles. The Morgan fingerprint density at radius 3 is 2.81 bits per heavy atom. The van der Waals surface area contributed by atoms with Gasteiger partial charge in [0.05, 0.1) is 6.10 Å². The van der Waals surface area contributed by atoms with Gasteiger partial charge in [-0.25, -0.2) is 4.39 Å². The lowest BCUT2D eigenvalue weighted by Gasteiger charge is -2.09. The molecule has 6 heteroatoms. The Morgan fingerprint density at radius 2 is 2.19 bits per heavy atom.